The first-order valence-electron chi connectivity index (χ1n) is 6.45. The average Bonchev–Trinajstić information content (AvgIpc) is 2.75. The van der Waals surface area contributed by atoms with Crippen molar-refractivity contribution in [1.82, 2.24) is 5.32 Å². The van der Waals surface area contributed by atoms with Crippen LogP contribution in [0.2, 0.25) is 0 Å². The summed E-state index contributed by atoms with van der Waals surface area (Å²) in [6.07, 6.45) is 3.78. The van der Waals surface area contributed by atoms with Gasteiger partial charge < -0.3 is 5.32 Å². The van der Waals surface area contributed by atoms with E-state index >= 15 is 0 Å². The van der Waals surface area contributed by atoms with Crippen LogP contribution in [-0.4, -0.2) is 13.1 Å². The fourth-order valence-corrected chi connectivity index (χ4v) is 2.63. The molecule has 2 heteroatoms. The van der Waals surface area contributed by atoms with Crippen molar-refractivity contribution in [3.63, 3.8) is 0 Å². The lowest BCUT2D eigenvalue weighted by Crippen LogP contribution is -2.27. The van der Waals surface area contributed by atoms with E-state index < -0.39 is 0 Å². The Morgan fingerprint density at radius 3 is 2.75 bits per heavy atom. The molecular formula is C14H25NS. The zero-order chi connectivity index (χ0) is 11.8. The van der Waals surface area contributed by atoms with Crippen LogP contribution in [0.25, 0.3) is 0 Å². The van der Waals surface area contributed by atoms with Gasteiger partial charge in [-0.25, -0.2) is 0 Å². The Balaban J connectivity index is 2.27. The summed E-state index contributed by atoms with van der Waals surface area (Å²) in [5, 5.41) is 8.00. The first-order chi connectivity index (χ1) is 7.74. The summed E-state index contributed by atoms with van der Waals surface area (Å²) in [6.45, 7) is 9.23. The minimum absolute atomic E-state index is 0.781. The van der Waals surface area contributed by atoms with Crippen LogP contribution in [-0.2, 0) is 6.42 Å². The minimum Gasteiger partial charge on any atom is -0.316 e. The minimum atomic E-state index is 0.781. The number of hydrogen-bond donors (Lipinski definition) is 1. The highest BCUT2D eigenvalue weighted by molar-refractivity contribution is 7.07. The molecule has 1 N–H and O–H groups in total. The molecule has 1 aromatic heterocycles. The molecule has 1 aromatic rings. The Morgan fingerprint density at radius 1 is 1.38 bits per heavy atom. The third-order valence-electron chi connectivity index (χ3n) is 3.16. The first kappa shape index (κ1) is 13.7. The summed E-state index contributed by atoms with van der Waals surface area (Å²) in [7, 11) is 0. The Labute approximate surface area is 104 Å². The van der Waals surface area contributed by atoms with Crippen LogP contribution in [0.3, 0.4) is 0 Å². The highest BCUT2D eigenvalue weighted by Crippen LogP contribution is 2.18. The molecule has 0 aliphatic rings. The smallest absolute Gasteiger partial charge is 0.00180 e. The summed E-state index contributed by atoms with van der Waals surface area (Å²) >= 11 is 1.81. The van der Waals surface area contributed by atoms with Crippen LogP contribution in [0.1, 0.15) is 39.2 Å². The average molecular weight is 239 g/mol. The van der Waals surface area contributed by atoms with Crippen molar-refractivity contribution in [2.75, 3.05) is 13.1 Å². The van der Waals surface area contributed by atoms with Crippen molar-refractivity contribution in [3.05, 3.63) is 22.4 Å². The highest BCUT2D eigenvalue weighted by Gasteiger charge is 2.12. The summed E-state index contributed by atoms with van der Waals surface area (Å²) in [4.78, 5) is 0. The highest BCUT2D eigenvalue weighted by atomic mass is 32.1. The normalized spacial score (nSPS) is 13.2. The molecule has 92 valence electrons. The van der Waals surface area contributed by atoms with Gasteiger partial charge in [-0.2, -0.15) is 11.3 Å². The molecule has 1 heterocycles. The van der Waals surface area contributed by atoms with Gasteiger partial charge in [-0.3, -0.25) is 0 Å². The lowest BCUT2D eigenvalue weighted by Gasteiger charge is -2.21. The lowest BCUT2D eigenvalue weighted by atomic mass is 9.90. The lowest BCUT2D eigenvalue weighted by molar-refractivity contribution is 0.341. The van der Waals surface area contributed by atoms with Gasteiger partial charge in [-0.1, -0.05) is 20.8 Å². The molecule has 0 spiro atoms. The third kappa shape index (κ3) is 5.13. The predicted octanol–water partition coefficient (Wildman–Crippen LogP) is 3.95. The maximum Gasteiger partial charge on any atom is -0.00180 e. The Bertz CT molecular complexity index is 254. The molecule has 1 unspecified atom stereocenters. The van der Waals surface area contributed by atoms with E-state index in [4.69, 9.17) is 0 Å². The molecule has 0 saturated carbocycles. The van der Waals surface area contributed by atoms with Gasteiger partial charge in [0.15, 0.2) is 0 Å². The van der Waals surface area contributed by atoms with E-state index in [1.165, 1.54) is 31.4 Å². The van der Waals surface area contributed by atoms with Gasteiger partial charge >= 0.3 is 0 Å². The van der Waals surface area contributed by atoms with E-state index in [1.54, 1.807) is 11.3 Å². The van der Waals surface area contributed by atoms with E-state index in [2.05, 4.69) is 42.9 Å². The summed E-state index contributed by atoms with van der Waals surface area (Å²) < 4.78 is 0. The summed E-state index contributed by atoms with van der Waals surface area (Å²) in [5.41, 5.74) is 1.51. The van der Waals surface area contributed by atoms with Crippen LogP contribution in [0.15, 0.2) is 16.8 Å². The summed E-state index contributed by atoms with van der Waals surface area (Å²) in [5.74, 6) is 1.59. The molecule has 0 aromatic carbocycles. The van der Waals surface area contributed by atoms with Crippen molar-refractivity contribution in [1.29, 1.82) is 0 Å². The van der Waals surface area contributed by atoms with Crippen LogP contribution < -0.4 is 5.32 Å². The number of nitrogens with one attached hydrogen (secondary N) is 1. The van der Waals surface area contributed by atoms with Gasteiger partial charge in [0, 0.05) is 0 Å². The van der Waals surface area contributed by atoms with E-state index in [0.717, 1.165) is 18.4 Å². The number of aryl methyl sites for hydroxylation is 1. The monoisotopic (exact) mass is 239 g/mol. The summed E-state index contributed by atoms with van der Waals surface area (Å²) in [6, 6.07) is 2.25. The third-order valence-corrected chi connectivity index (χ3v) is 3.89. The standard InChI is InChI=1S/C14H25NS/c1-4-8-15-10-14(12(2)3)6-5-13-7-9-16-11-13/h7,9,11-12,14-15H,4-6,8,10H2,1-3H3. The molecule has 1 atom stereocenters. The van der Waals surface area contributed by atoms with Crippen molar-refractivity contribution in [2.45, 2.75) is 40.0 Å². The van der Waals surface area contributed by atoms with Crippen molar-refractivity contribution in [3.8, 4) is 0 Å². The van der Waals surface area contributed by atoms with Crippen LogP contribution in [0.4, 0.5) is 0 Å². The molecule has 0 amide bonds. The molecule has 0 fully saturated rings. The molecule has 16 heavy (non-hydrogen) atoms. The number of thiophene rings is 1. The van der Waals surface area contributed by atoms with E-state index in [-0.39, 0.29) is 0 Å². The van der Waals surface area contributed by atoms with Crippen molar-refractivity contribution >= 4 is 11.3 Å². The van der Waals surface area contributed by atoms with Gasteiger partial charge in [-0.05, 0) is 66.6 Å². The second-order valence-corrected chi connectivity index (χ2v) is 5.66. The fourth-order valence-electron chi connectivity index (χ4n) is 1.92. The predicted molar refractivity (Wildman–Crippen MR) is 74.1 cm³/mol. The quantitative estimate of drug-likeness (QED) is 0.677. The Morgan fingerprint density at radius 2 is 2.19 bits per heavy atom. The van der Waals surface area contributed by atoms with Crippen LogP contribution in [0, 0.1) is 11.8 Å². The molecule has 0 radical (unpaired) electrons. The van der Waals surface area contributed by atoms with Gasteiger partial charge in [0.25, 0.3) is 0 Å². The van der Waals surface area contributed by atoms with E-state index in [1.807, 2.05) is 0 Å². The SMILES string of the molecule is CCCNCC(CCc1ccsc1)C(C)C. The van der Waals surface area contributed by atoms with E-state index in [9.17, 15) is 0 Å². The number of hydrogen-bond acceptors (Lipinski definition) is 2. The largest absolute Gasteiger partial charge is 0.316 e. The van der Waals surface area contributed by atoms with Crippen molar-refractivity contribution in [2.24, 2.45) is 11.8 Å². The van der Waals surface area contributed by atoms with Crippen LogP contribution >= 0.6 is 11.3 Å². The van der Waals surface area contributed by atoms with Gasteiger partial charge in [0.05, 0.1) is 0 Å². The van der Waals surface area contributed by atoms with Gasteiger partial charge in [0.2, 0.25) is 0 Å². The van der Waals surface area contributed by atoms with Gasteiger partial charge in [0.1, 0.15) is 0 Å². The van der Waals surface area contributed by atoms with Crippen molar-refractivity contribution < 1.29 is 0 Å². The molecule has 0 bridgehead atoms. The second-order valence-electron chi connectivity index (χ2n) is 4.88. The molecule has 1 rings (SSSR count). The van der Waals surface area contributed by atoms with Gasteiger partial charge in [-0.15, -0.1) is 0 Å². The molecular weight excluding hydrogens is 214 g/mol. The molecule has 0 saturated heterocycles. The van der Waals surface area contributed by atoms with E-state index in [0.29, 0.717) is 0 Å². The zero-order valence-electron chi connectivity index (χ0n) is 10.8. The second kappa shape index (κ2) is 7.86. The Kier molecular flexibility index (Phi) is 6.74. The van der Waals surface area contributed by atoms with Crippen LogP contribution in [0.5, 0.6) is 0 Å². The maximum atomic E-state index is 3.55. The Hall–Kier alpha value is -0.340. The topological polar surface area (TPSA) is 12.0 Å². The maximum absolute atomic E-state index is 3.55. The molecule has 0 aliphatic heterocycles. The zero-order valence-corrected chi connectivity index (χ0v) is 11.6. The molecule has 0 aliphatic carbocycles. The molecule has 1 nitrogen and oxygen atoms in total. The first-order valence-corrected chi connectivity index (χ1v) is 7.40. The fraction of sp³-hybridized carbons (Fsp3) is 0.714. The number of rotatable bonds is 8.